The number of carbonyl (C=O) groups is 2. The van der Waals surface area contributed by atoms with Gasteiger partial charge in [-0.2, -0.15) is 0 Å². The van der Waals surface area contributed by atoms with E-state index in [1.807, 2.05) is 6.92 Å². The summed E-state index contributed by atoms with van der Waals surface area (Å²) in [5, 5.41) is 32.2. The summed E-state index contributed by atoms with van der Waals surface area (Å²) < 4.78 is 43.4. The number of carbonyl (C=O) groups excluding carboxylic acids is 2. The lowest BCUT2D eigenvalue weighted by Crippen LogP contribution is -2.64. The van der Waals surface area contributed by atoms with E-state index in [1.54, 1.807) is 0 Å². The van der Waals surface area contributed by atoms with Gasteiger partial charge in [0.05, 0.1) is 18.8 Å². The summed E-state index contributed by atoms with van der Waals surface area (Å²) in [7, 11) is 0. The zero-order valence-electron chi connectivity index (χ0n) is 31.4. The standard InChI is InChI=1S/C39H58O12/c1-18-13-39(31-36(8,50-31)32(44)51-39)49-22-14-34(6)24-10-9-23-33(4,5)25(48-30-28(43)29(47-20(3)41)21(42)16-45-30)11-12-37(23)17-38(24,37)15-26(46-19(2)40)35(34,7)27(18)22/h18,21-32,42-44H,9-17H2,1-8H3/t18-,21-,22+,23-,24-,25+,26-,27+,28-,29+,30+,31-,32+,34+,35-,36+,37-,38+,39-/m1/s1. The maximum Gasteiger partial charge on any atom is 0.303 e. The van der Waals surface area contributed by atoms with E-state index in [-0.39, 0.29) is 75.9 Å². The molecule has 4 heterocycles. The third-order valence-electron chi connectivity index (χ3n) is 17.0. The Balaban J connectivity index is 1.01. The Labute approximate surface area is 300 Å². The molecule has 12 heteroatoms. The van der Waals surface area contributed by atoms with Crippen LogP contribution in [-0.4, -0.2) is 101 Å². The van der Waals surface area contributed by atoms with Crippen LogP contribution in [0.4, 0.5) is 0 Å². The lowest BCUT2D eigenvalue weighted by atomic mass is 9.41. The predicted molar refractivity (Wildman–Crippen MR) is 177 cm³/mol. The minimum absolute atomic E-state index is 0.0184. The minimum atomic E-state index is -1.31. The highest BCUT2D eigenvalue weighted by Gasteiger charge is 2.87. The first-order chi connectivity index (χ1) is 23.8. The Bertz CT molecular complexity index is 1500. The van der Waals surface area contributed by atoms with E-state index in [2.05, 4.69) is 34.6 Å². The van der Waals surface area contributed by atoms with Crippen LogP contribution in [0.5, 0.6) is 0 Å². The van der Waals surface area contributed by atoms with Crippen molar-refractivity contribution in [1.82, 2.24) is 0 Å². The van der Waals surface area contributed by atoms with Gasteiger partial charge in [-0.1, -0.05) is 34.6 Å². The predicted octanol–water partition coefficient (Wildman–Crippen LogP) is 3.60. The van der Waals surface area contributed by atoms with E-state index in [4.69, 9.17) is 33.2 Å². The Kier molecular flexibility index (Phi) is 7.40. The topological polar surface area (TPSA) is 163 Å². The summed E-state index contributed by atoms with van der Waals surface area (Å²) in [6.45, 7) is 16.3. The van der Waals surface area contributed by atoms with Gasteiger partial charge in [-0.15, -0.1) is 0 Å². The molecule has 19 atom stereocenters. The first kappa shape index (κ1) is 35.3. The van der Waals surface area contributed by atoms with E-state index >= 15 is 0 Å². The van der Waals surface area contributed by atoms with Crippen molar-refractivity contribution in [2.45, 2.75) is 173 Å². The zero-order valence-corrected chi connectivity index (χ0v) is 31.4. The molecule has 0 aromatic rings. The summed E-state index contributed by atoms with van der Waals surface area (Å²) in [4.78, 5) is 24.6. The Morgan fingerprint density at radius 2 is 1.51 bits per heavy atom. The molecule has 0 aromatic heterocycles. The van der Waals surface area contributed by atoms with Crippen molar-refractivity contribution in [1.29, 1.82) is 0 Å². The summed E-state index contributed by atoms with van der Waals surface area (Å²) in [6.07, 6.45) is 0.817. The molecule has 5 saturated carbocycles. The van der Waals surface area contributed by atoms with Crippen LogP contribution in [0, 0.1) is 50.7 Å². The Hall–Kier alpha value is -1.38. The molecule has 9 rings (SSSR count). The van der Waals surface area contributed by atoms with Gasteiger partial charge in [0.15, 0.2) is 18.7 Å². The molecule has 3 N–H and O–H groups in total. The number of aliphatic hydroxyl groups is 3. The second-order valence-electron chi connectivity index (χ2n) is 19.5. The van der Waals surface area contributed by atoms with Crippen molar-refractivity contribution < 1.29 is 58.1 Å². The number of epoxide rings is 1. The number of hydrogen-bond acceptors (Lipinski definition) is 12. The average Bonchev–Trinajstić information content (AvgIpc) is 3.87. The van der Waals surface area contributed by atoms with E-state index in [0.29, 0.717) is 18.3 Å². The van der Waals surface area contributed by atoms with Crippen molar-refractivity contribution in [2.24, 2.45) is 50.7 Å². The van der Waals surface area contributed by atoms with Crippen LogP contribution in [0.1, 0.15) is 107 Å². The fraction of sp³-hybridized carbons (Fsp3) is 0.949. The zero-order chi connectivity index (χ0) is 36.5. The van der Waals surface area contributed by atoms with Gasteiger partial charge in [0.1, 0.15) is 30.0 Å². The number of rotatable bonds is 4. The smallest absolute Gasteiger partial charge is 0.303 e. The van der Waals surface area contributed by atoms with Crippen molar-refractivity contribution >= 4 is 11.9 Å². The summed E-state index contributed by atoms with van der Waals surface area (Å²) in [5.41, 5.74) is -1.36. The SMILES string of the molecule is CC(=O)O[C@@H]1[C@@H](O)[C@H](O[C@H]2CC[C@]34C[C@]35C[C@@H](OC(C)=O)[C@]3(C)[C@H]6[C@H](C)C[C@@]7(O[C@H]6C[C@@]3(C)[C@H]5CC[C@@H]4C2(C)C)O[C@H](O)[C@@]2(C)O[C@@H]72)OC[C@H]1O. The molecule has 51 heavy (non-hydrogen) atoms. The van der Waals surface area contributed by atoms with Gasteiger partial charge in [0.25, 0.3) is 0 Å². The molecule has 0 amide bonds. The monoisotopic (exact) mass is 718 g/mol. The van der Waals surface area contributed by atoms with E-state index in [9.17, 15) is 24.9 Å². The van der Waals surface area contributed by atoms with Gasteiger partial charge in [-0.25, -0.2) is 0 Å². The molecule has 4 saturated heterocycles. The number of aliphatic hydroxyl groups excluding tert-OH is 3. The molecule has 4 aliphatic heterocycles. The normalized spacial score (nSPS) is 60.1. The maximum absolute atomic E-state index is 12.9. The third-order valence-corrected chi connectivity index (χ3v) is 17.0. The van der Waals surface area contributed by atoms with Gasteiger partial charge in [-0.05, 0) is 97.2 Å². The van der Waals surface area contributed by atoms with Crippen LogP contribution in [0.3, 0.4) is 0 Å². The number of fused-ring (bicyclic) bond motifs is 6. The minimum Gasteiger partial charge on any atom is -0.462 e. The van der Waals surface area contributed by atoms with Crippen LogP contribution in [-0.2, 0) is 42.7 Å². The Morgan fingerprint density at radius 1 is 0.804 bits per heavy atom. The lowest BCUT2D eigenvalue weighted by Gasteiger charge is -2.65. The van der Waals surface area contributed by atoms with Crippen LogP contribution in [0.15, 0.2) is 0 Å². The van der Waals surface area contributed by atoms with Crippen LogP contribution < -0.4 is 0 Å². The van der Waals surface area contributed by atoms with Crippen LogP contribution in [0.2, 0.25) is 0 Å². The first-order valence-electron chi connectivity index (χ1n) is 19.5. The van der Waals surface area contributed by atoms with Gasteiger partial charge in [0.2, 0.25) is 5.79 Å². The molecule has 9 fully saturated rings. The molecule has 9 aliphatic rings. The van der Waals surface area contributed by atoms with E-state index < -0.39 is 48.2 Å². The second kappa shape index (κ2) is 10.7. The van der Waals surface area contributed by atoms with Crippen molar-refractivity contribution in [3.8, 4) is 0 Å². The molecule has 0 radical (unpaired) electrons. The number of esters is 2. The van der Waals surface area contributed by atoms with Crippen molar-refractivity contribution in [3.05, 3.63) is 0 Å². The molecular weight excluding hydrogens is 660 g/mol. The highest BCUT2D eigenvalue weighted by molar-refractivity contribution is 5.66. The molecular formula is C39H58O12. The molecule has 5 aliphatic carbocycles. The molecule has 286 valence electrons. The second-order valence-corrected chi connectivity index (χ2v) is 19.5. The fourth-order valence-electron chi connectivity index (χ4n) is 14.9. The molecule has 0 aromatic carbocycles. The number of ether oxygens (including phenoxy) is 7. The summed E-state index contributed by atoms with van der Waals surface area (Å²) in [5.74, 6) is -0.642. The quantitative estimate of drug-likeness (QED) is 0.220. The molecule has 12 nitrogen and oxygen atoms in total. The van der Waals surface area contributed by atoms with Crippen molar-refractivity contribution in [3.63, 3.8) is 0 Å². The summed E-state index contributed by atoms with van der Waals surface area (Å²) >= 11 is 0. The highest BCUT2D eigenvalue weighted by atomic mass is 16.8. The molecule has 3 spiro atoms. The average molecular weight is 719 g/mol. The number of hydrogen-bond donors (Lipinski definition) is 3. The van der Waals surface area contributed by atoms with Gasteiger partial charge < -0.3 is 48.5 Å². The Morgan fingerprint density at radius 3 is 2.16 bits per heavy atom. The maximum atomic E-state index is 12.9. The third kappa shape index (κ3) is 4.31. The molecule has 0 bridgehead atoms. The summed E-state index contributed by atoms with van der Waals surface area (Å²) in [6, 6.07) is 0. The van der Waals surface area contributed by atoms with E-state index in [1.165, 1.54) is 13.8 Å². The largest absolute Gasteiger partial charge is 0.462 e. The van der Waals surface area contributed by atoms with Crippen LogP contribution >= 0.6 is 0 Å². The van der Waals surface area contributed by atoms with Gasteiger partial charge in [-0.3, -0.25) is 9.59 Å². The van der Waals surface area contributed by atoms with Crippen LogP contribution in [0.25, 0.3) is 0 Å². The lowest BCUT2D eigenvalue weighted by molar-refractivity contribution is -0.346. The van der Waals surface area contributed by atoms with Crippen molar-refractivity contribution in [2.75, 3.05) is 6.61 Å². The molecule has 0 unspecified atom stereocenters. The highest BCUT2D eigenvalue weighted by Crippen LogP contribution is 2.89. The van der Waals surface area contributed by atoms with E-state index in [0.717, 1.165) is 44.9 Å². The van der Waals surface area contributed by atoms with Gasteiger partial charge in [0, 0.05) is 25.7 Å². The fourth-order valence-corrected chi connectivity index (χ4v) is 14.9. The first-order valence-corrected chi connectivity index (χ1v) is 19.5. The van der Waals surface area contributed by atoms with Gasteiger partial charge >= 0.3 is 11.9 Å².